The Bertz CT molecular complexity index is 1050. The Morgan fingerprint density at radius 2 is 1.84 bits per heavy atom. The van der Waals surface area contributed by atoms with Crippen LogP contribution in [-0.4, -0.2) is 28.1 Å². The first-order chi connectivity index (χ1) is 15.4. The number of benzene rings is 1. The van der Waals surface area contributed by atoms with Gasteiger partial charge in [-0.15, -0.1) is 0 Å². The summed E-state index contributed by atoms with van der Waals surface area (Å²) in [6.07, 6.45) is 4.41. The summed E-state index contributed by atoms with van der Waals surface area (Å²) in [7, 11) is 1.21. The number of hydrogen-bond donors (Lipinski definition) is 2. The third kappa shape index (κ3) is 5.27. The summed E-state index contributed by atoms with van der Waals surface area (Å²) in [5, 5.41) is 6.38. The zero-order chi connectivity index (χ0) is 22.6. The van der Waals surface area contributed by atoms with Gasteiger partial charge in [-0.3, -0.25) is 4.98 Å². The second-order valence-corrected chi connectivity index (χ2v) is 7.72. The molecule has 1 aliphatic rings. The molecule has 0 atom stereocenters. The molecule has 0 radical (unpaired) electrons. The van der Waals surface area contributed by atoms with Crippen LogP contribution in [0.1, 0.15) is 37.7 Å². The molecule has 1 aromatic carbocycles. The number of ether oxygens (including phenoxy) is 1. The predicted octanol–water partition coefficient (Wildman–Crippen LogP) is 6.05. The van der Waals surface area contributed by atoms with Gasteiger partial charge in [0.05, 0.1) is 18.4 Å². The molecule has 9 heteroatoms. The van der Waals surface area contributed by atoms with Gasteiger partial charge in [-0.05, 0) is 43.2 Å². The van der Waals surface area contributed by atoms with E-state index in [1.807, 2.05) is 6.07 Å². The molecule has 0 amide bonds. The van der Waals surface area contributed by atoms with Gasteiger partial charge < -0.3 is 15.4 Å². The monoisotopic (exact) mass is 443 g/mol. The molecule has 1 fully saturated rings. The standard InChI is InChI=1S/C23H24F3N5O/c1-32-20-10-9-17(12-18(20)23(24,25)26)28-21-13-19(15-6-5-11-27-14-15)30-22(31-21)29-16-7-3-2-4-8-16/h5-6,9-14,16H,2-4,7-8H2,1H3,(H2,28,29,30,31). The number of halogens is 3. The number of anilines is 3. The van der Waals surface area contributed by atoms with Gasteiger partial charge in [0.1, 0.15) is 11.6 Å². The number of rotatable bonds is 6. The molecule has 0 spiro atoms. The molecule has 2 aromatic heterocycles. The summed E-state index contributed by atoms with van der Waals surface area (Å²) >= 11 is 0. The van der Waals surface area contributed by atoms with E-state index >= 15 is 0 Å². The van der Waals surface area contributed by atoms with Crippen molar-refractivity contribution in [2.45, 2.75) is 44.3 Å². The second kappa shape index (κ2) is 9.42. The van der Waals surface area contributed by atoms with E-state index in [1.165, 1.54) is 25.7 Å². The summed E-state index contributed by atoms with van der Waals surface area (Å²) in [6.45, 7) is 0. The Balaban J connectivity index is 1.67. The minimum absolute atomic E-state index is 0.235. The number of nitrogens with one attached hydrogen (secondary N) is 2. The van der Waals surface area contributed by atoms with Crippen molar-refractivity contribution in [3.63, 3.8) is 0 Å². The molecule has 2 N–H and O–H groups in total. The maximum absolute atomic E-state index is 13.4. The maximum Gasteiger partial charge on any atom is 0.420 e. The number of nitrogens with zero attached hydrogens (tertiary/aromatic N) is 3. The first kappa shape index (κ1) is 21.9. The van der Waals surface area contributed by atoms with Crippen molar-refractivity contribution >= 4 is 17.5 Å². The smallest absolute Gasteiger partial charge is 0.420 e. The highest BCUT2D eigenvalue weighted by Crippen LogP contribution is 2.38. The van der Waals surface area contributed by atoms with E-state index in [-0.39, 0.29) is 17.5 Å². The number of pyridine rings is 1. The van der Waals surface area contributed by atoms with E-state index in [0.29, 0.717) is 17.5 Å². The van der Waals surface area contributed by atoms with Crippen LogP contribution in [0, 0.1) is 0 Å². The van der Waals surface area contributed by atoms with E-state index in [9.17, 15) is 13.2 Å². The molecular weight excluding hydrogens is 419 g/mol. The van der Waals surface area contributed by atoms with Crippen LogP contribution in [-0.2, 0) is 6.18 Å². The first-order valence-corrected chi connectivity index (χ1v) is 10.5. The summed E-state index contributed by atoms with van der Waals surface area (Å²) in [5.41, 5.74) is 0.804. The van der Waals surface area contributed by atoms with E-state index in [4.69, 9.17) is 4.74 Å². The van der Waals surface area contributed by atoms with Crippen molar-refractivity contribution in [3.8, 4) is 17.0 Å². The molecule has 1 saturated carbocycles. The normalized spacial score (nSPS) is 14.8. The van der Waals surface area contributed by atoms with Gasteiger partial charge in [-0.2, -0.15) is 18.2 Å². The number of alkyl halides is 3. The maximum atomic E-state index is 13.4. The molecule has 2 heterocycles. The van der Waals surface area contributed by atoms with Crippen molar-refractivity contribution in [2.24, 2.45) is 0 Å². The Labute approximate surface area is 184 Å². The van der Waals surface area contributed by atoms with Gasteiger partial charge in [-0.1, -0.05) is 19.3 Å². The molecule has 0 aliphatic heterocycles. The summed E-state index contributed by atoms with van der Waals surface area (Å²) < 4.78 is 45.1. The second-order valence-electron chi connectivity index (χ2n) is 7.72. The lowest BCUT2D eigenvalue weighted by Gasteiger charge is -2.23. The Morgan fingerprint density at radius 3 is 2.53 bits per heavy atom. The fourth-order valence-electron chi connectivity index (χ4n) is 3.82. The summed E-state index contributed by atoms with van der Waals surface area (Å²) in [6, 6.07) is 9.47. The van der Waals surface area contributed by atoms with Crippen LogP contribution in [0.4, 0.5) is 30.6 Å². The SMILES string of the molecule is COc1ccc(Nc2cc(-c3cccnc3)nc(NC3CCCCC3)n2)cc1C(F)(F)F. The lowest BCUT2D eigenvalue weighted by Crippen LogP contribution is -2.23. The summed E-state index contributed by atoms with van der Waals surface area (Å²) in [5.74, 6) is 0.585. The van der Waals surface area contributed by atoms with Gasteiger partial charge in [0.25, 0.3) is 0 Å². The molecule has 3 aromatic rings. The van der Waals surface area contributed by atoms with Gasteiger partial charge in [0.2, 0.25) is 5.95 Å². The van der Waals surface area contributed by atoms with E-state index in [2.05, 4.69) is 25.6 Å². The molecule has 168 valence electrons. The van der Waals surface area contributed by atoms with Gasteiger partial charge in [0.15, 0.2) is 0 Å². The average molecular weight is 443 g/mol. The molecule has 0 bridgehead atoms. The molecule has 32 heavy (non-hydrogen) atoms. The fourth-order valence-corrected chi connectivity index (χ4v) is 3.82. The van der Waals surface area contributed by atoms with E-state index in [0.717, 1.165) is 37.3 Å². The van der Waals surface area contributed by atoms with Crippen LogP contribution in [0.15, 0.2) is 48.8 Å². The minimum Gasteiger partial charge on any atom is -0.496 e. The largest absolute Gasteiger partial charge is 0.496 e. The first-order valence-electron chi connectivity index (χ1n) is 10.5. The zero-order valence-electron chi connectivity index (χ0n) is 17.6. The highest BCUT2D eigenvalue weighted by atomic mass is 19.4. The number of hydrogen-bond acceptors (Lipinski definition) is 6. The van der Waals surface area contributed by atoms with Crippen molar-refractivity contribution in [1.82, 2.24) is 15.0 Å². The van der Waals surface area contributed by atoms with Crippen LogP contribution in [0.25, 0.3) is 11.3 Å². The van der Waals surface area contributed by atoms with Crippen LogP contribution >= 0.6 is 0 Å². The topological polar surface area (TPSA) is 72.0 Å². The third-order valence-electron chi connectivity index (χ3n) is 5.40. The van der Waals surface area contributed by atoms with Gasteiger partial charge >= 0.3 is 6.18 Å². The Hall–Kier alpha value is -3.36. The highest BCUT2D eigenvalue weighted by molar-refractivity contribution is 5.67. The molecule has 0 saturated heterocycles. The third-order valence-corrected chi connectivity index (χ3v) is 5.40. The number of aromatic nitrogens is 3. The molecule has 4 rings (SSSR count). The zero-order valence-corrected chi connectivity index (χ0v) is 17.6. The van der Waals surface area contributed by atoms with Crippen molar-refractivity contribution in [3.05, 3.63) is 54.4 Å². The fraction of sp³-hybridized carbons (Fsp3) is 0.348. The van der Waals surface area contributed by atoms with Crippen molar-refractivity contribution in [2.75, 3.05) is 17.7 Å². The molecule has 6 nitrogen and oxygen atoms in total. The van der Waals surface area contributed by atoms with E-state index < -0.39 is 11.7 Å². The van der Waals surface area contributed by atoms with Crippen LogP contribution in [0.2, 0.25) is 0 Å². The van der Waals surface area contributed by atoms with Gasteiger partial charge in [0, 0.05) is 35.8 Å². The molecule has 0 unspecified atom stereocenters. The lowest BCUT2D eigenvalue weighted by molar-refractivity contribution is -0.138. The van der Waals surface area contributed by atoms with Crippen LogP contribution in [0.3, 0.4) is 0 Å². The number of methoxy groups -OCH3 is 1. The quantitative estimate of drug-likeness (QED) is 0.483. The molecular formula is C23H24F3N5O. The van der Waals surface area contributed by atoms with Gasteiger partial charge in [-0.25, -0.2) is 4.98 Å². The Morgan fingerprint density at radius 1 is 1.03 bits per heavy atom. The predicted molar refractivity (Wildman–Crippen MR) is 117 cm³/mol. The van der Waals surface area contributed by atoms with Crippen LogP contribution in [0.5, 0.6) is 5.75 Å². The van der Waals surface area contributed by atoms with E-state index in [1.54, 1.807) is 24.5 Å². The summed E-state index contributed by atoms with van der Waals surface area (Å²) in [4.78, 5) is 13.3. The van der Waals surface area contributed by atoms with Crippen LogP contribution < -0.4 is 15.4 Å². The molecule has 1 aliphatic carbocycles. The highest BCUT2D eigenvalue weighted by Gasteiger charge is 2.34. The Kier molecular flexibility index (Phi) is 6.43. The van der Waals surface area contributed by atoms with Crippen molar-refractivity contribution in [1.29, 1.82) is 0 Å². The lowest BCUT2D eigenvalue weighted by atomic mass is 9.96. The minimum atomic E-state index is -4.54. The average Bonchev–Trinajstić information content (AvgIpc) is 2.79. The van der Waals surface area contributed by atoms with Crippen molar-refractivity contribution < 1.29 is 17.9 Å².